The van der Waals surface area contributed by atoms with Crippen molar-refractivity contribution in [1.29, 1.82) is 0 Å². The Balaban J connectivity index is 1.70. The molecule has 5 aromatic rings. The SMILES string of the molecule is C[C@@H](NC(=O)c1c(N)n(-c2cccc(F)c2)c2nc3ccccc3nc12)c1ccccc1. The molecule has 32 heavy (non-hydrogen) atoms. The fourth-order valence-electron chi connectivity index (χ4n) is 3.86. The van der Waals surface area contributed by atoms with Gasteiger partial charge in [0, 0.05) is 0 Å². The zero-order chi connectivity index (χ0) is 22.2. The number of carbonyl (C=O) groups is 1. The maximum Gasteiger partial charge on any atom is 0.257 e. The first-order chi connectivity index (χ1) is 15.5. The minimum absolute atomic E-state index is 0.152. The predicted molar refractivity (Wildman–Crippen MR) is 123 cm³/mol. The lowest BCUT2D eigenvalue weighted by molar-refractivity contribution is 0.0942. The number of hydrogen-bond donors (Lipinski definition) is 2. The molecule has 7 heteroatoms. The number of aromatic nitrogens is 3. The van der Waals surface area contributed by atoms with E-state index in [1.807, 2.05) is 61.5 Å². The fourth-order valence-corrected chi connectivity index (χ4v) is 3.86. The van der Waals surface area contributed by atoms with Crippen LogP contribution in [0.2, 0.25) is 0 Å². The molecule has 3 N–H and O–H groups in total. The Hall–Kier alpha value is -4.26. The number of nitrogens with two attached hydrogens (primary N) is 1. The molecule has 2 aromatic heterocycles. The zero-order valence-electron chi connectivity index (χ0n) is 17.3. The van der Waals surface area contributed by atoms with Crippen molar-refractivity contribution in [2.24, 2.45) is 0 Å². The number of benzene rings is 3. The standard InChI is InChI=1S/C25H20FN5O/c1-15(16-8-3-2-4-9-16)28-25(32)21-22-24(30-20-13-6-5-12-19(20)29-22)31(23(21)27)18-11-7-10-17(26)14-18/h2-15H,27H2,1H3,(H,28,32)/t15-/m1/s1. The highest BCUT2D eigenvalue weighted by molar-refractivity contribution is 6.11. The molecule has 3 aromatic carbocycles. The highest BCUT2D eigenvalue weighted by Gasteiger charge is 2.26. The van der Waals surface area contributed by atoms with E-state index in [1.165, 1.54) is 12.1 Å². The van der Waals surface area contributed by atoms with Gasteiger partial charge in [0.15, 0.2) is 5.65 Å². The quantitative estimate of drug-likeness (QED) is 0.434. The van der Waals surface area contributed by atoms with Crippen molar-refractivity contribution in [2.75, 3.05) is 5.73 Å². The second kappa shape index (κ2) is 7.77. The molecule has 2 heterocycles. The monoisotopic (exact) mass is 425 g/mol. The van der Waals surface area contributed by atoms with Crippen molar-refractivity contribution in [3.05, 3.63) is 95.8 Å². The molecule has 1 amide bonds. The molecule has 0 unspecified atom stereocenters. The highest BCUT2D eigenvalue weighted by Crippen LogP contribution is 2.31. The summed E-state index contributed by atoms with van der Waals surface area (Å²) in [7, 11) is 0. The number of nitrogen functional groups attached to an aromatic ring is 1. The minimum Gasteiger partial charge on any atom is -0.384 e. The largest absolute Gasteiger partial charge is 0.384 e. The van der Waals surface area contributed by atoms with Crippen molar-refractivity contribution in [3.63, 3.8) is 0 Å². The number of para-hydroxylation sites is 2. The van der Waals surface area contributed by atoms with Gasteiger partial charge in [-0.3, -0.25) is 9.36 Å². The average Bonchev–Trinajstić information content (AvgIpc) is 3.08. The van der Waals surface area contributed by atoms with Crippen LogP contribution in [0.1, 0.15) is 28.9 Å². The third-order valence-corrected chi connectivity index (χ3v) is 5.44. The fraction of sp³-hybridized carbons (Fsp3) is 0.0800. The molecular weight excluding hydrogens is 405 g/mol. The van der Waals surface area contributed by atoms with E-state index in [1.54, 1.807) is 16.7 Å². The lowest BCUT2D eigenvalue weighted by Gasteiger charge is -2.14. The Bertz CT molecular complexity index is 1460. The third-order valence-electron chi connectivity index (χ3n) is 5.44. The number of hydrogen-bond acceptors (Lipinski definition) is 4. The van der Waals surface area contributed by atoms with Gasteiger partial charge in [-0.2, -0.15) is 0 Å². The van der Waals surface area contributed by atoms with E-state index in [-0.39, 0.29) is 23.3 Å². The van der Waals surface area contributed by atoms with E-state index in [4.69, 9.17) is 15.7 Å². The number of nitrogens with zero attached hydrogens (tertiary/aromatic N) is 3. The van der Waals surface area contributed by atoms with Crippen molar-refractivity contribution in [3.8, 4) is 5.69 Å². The summed E-state index contributed by atoms with van der Waals surface area (Å²) in [4.78, 5) is 22.8. The molecule has 0 saturated heterocycles. The van der Waals surface area contributed by atoms with Crippen molar-refractivity contribution >= 4 is 33.9 Å². The number of fused-ring (bicyclic) bond motifs is 2. The van der Waals surface area contributed by atoms with E-state index in [2.05, 4.69) is 5.32 Å². The molecule has 0 saturated carbocycles. The van der Waals surface area contributed by atoms with Gasteiger partial charge in [0.2, 0.25) is 0 Å². The molecule has 0 fully saturated rings. The normalized spacial score (nSPS) is 12.2. The van der Waals surface area contributed by atoms with Gasteiger partial charge in [-0.25, -0.2) is 14.4 Å². The van der Waals surface area contributed by atoms with Crippen molar-refractivity contribution < 1.29 is 9.18 Å². The van der Waals surface area contributed by atoms with E-state index >= 15 is 0 Å². The smallest absolute Gasteiger partial charge is 0.257 e. The summed E-state index contributed by atoms with van der Waals surface area (Å²) >= 11 is 0. The second-order valence-electron chi connectivity index (χ2n) is 7.57. The summed E-state index contributed by atoms with van der Waals surface area (Å²) in [6.45, 7) is 1.90. The van der Waals surface area contributed by atoms with Gasteiger partial charge >= 0.3 is 0 Å². The van der Waals surface area contributed by atoms with Crippen LogP contribution in [-0.2, 0) is 0 Å². The molecule has 0 aliphatic rings. The van der Waals surface area contributed by atoms with Crippen molar-refractivity contribution in [1.82, 2.24) is 19.9 Å². The van der Waals surface area contributed by atoms with E-state index < -0.39 is 5.82 Å². The molecule has 5 rings (SSSR count). The van der Waals surface area contributed by atoms with Crippen LogP contribution in [0, 0.1) is 5.82 Å². The maximum atomic E-state index is 14.0. The Kier molecular flexibility index (Phi) is 4.78. The zero-order valence-corrected chi connectivity index (χ0v) is 17.3. The molecule has 0 spiro atoms. The summed E-state index contributed by atoms with van der Waals surface area (Å²) in [6.07, 6.45) is 0. The van der Waals surface area contributed by atoms with Crippen LogP contribution in [0.3, 0.4) is 0 Å². The molecule has 158 valence electrons. The first kappa shape index (κ1) is 19.7. The maximum absolute atomic E-state index is 14.0. The molecule has 0 aliphatic carbocycles. The molecule has 1 atom stereocenters. The second-order valence-corrected chi connectivity index (χ2v) is 7.57. The molecule has 0 radical (unpaired) electrons. The first-order valence-electron chi connectivity index (χ1n) is 10.2. The number of nitrogens with one attached hydrogen (secondary N) is 1. The van der Waals surface area contributed by atoms with Gasteiger partial charge < -0.3 is 11.1 Å². The lowest BCUT2D eigenvalue weighted by Crippen LogP contribution is -2.27. The Labute approximate surface area is 183 Å². The van der Waals surface area contributed by atoms with Gasteiger partial charge in [0.05, 0.1) is 22.8 Å². The Morgan fingerprint density at radius 1 is 0.969 bits per heavy atom. The van der Waals surface area contributed by atoms with E-state index in [0.717, 1.165) is 5.56 Å². The highest BCUT2D eigenvalue weighted by atomic mass is 19.1. The topological polar surface area (TPSA) is 85.8 Å². The van der Waals surface area contributed by atoms with Crippen LogP contribution in [0.15, 0.2) is 78.9 Å². The number of anilines is 1. The number of amides is 1. The molecule has 6 nitrogen and oxygen atoms in total. The van der Waals surface area contributed by atoms with Crippen LogP contribution in [0.5, 0.6) is 0 Å². The number of rotatable bonds is 4. The lowest BCUT2D eigenvalue weighted by atomic mass is 10.1. The summed E-state index contributed by atoms with van der Waals surface area (Å²) in [6, 6.07) is 22.8. The summed E-state index contributed by atoms with van der Waals surface area (Å²) in [5, 5.41) is 3.00. The van der Waals surface area contributed by atoms with Gasteiger partial charge in [-0.15, -0.1) is 0 Å². The Morgan fingerprint density at radius 3 is 2.38 bits per heavy atom. The number of halogens is 1. The van der Waals surface area contributed by atoms with Crippen LogP contribution >= 0.6 is 0 Å². The van der Waals surface area contributed by atoms with Crippen LogP contribution in [0.25, 0.3) is 27.9 Å². The summed E-state index contributed by atoms with van der Waals surface area (Å²) < 4.78 is 15.6. The molecular formula is C25H20FN5O. The van der Waals surface area contributed by atoms with Crippen LogP contribution < -0.4 is 11.1 Å². The minimum atomic E-state index is -0.416. The third kappa shape index (κ3) is 3.33. The Morgan fingerprint density at radius 2 is 1.66 bits per heavy atom. The number of carbonyl (C=O) groups excluding carboxylic acids is 1. The predicted octanol–water partition coefficient (Wildman–Crippen LogP) is 4.79. The molecule has 0 aliphatic heterocycles. The van der Waals surface area contributed by atoms with Crippen LogP contribution in [-0.4, -0.2) is 20.4 Å². The first-order valence-corrected chi connectivity index (χ1v) is 10.2. The van der Waals surface area contributed by atoms with Gasteiger partial charge in [-0.1, -0.05) is 48.5 Å². The van der Waals surface area contributed by atoms with Gasteiger partial charge in [0.1, 0.15) is 22.7 Å². The van der Waals surface area contributed by atoms with Gasteiger partial charge in [-0.05, 0) is 42.8 Å². The summed E-state index contributed by atoms with van der Waals surface area (Å²) in [5.74, 6) is -0.636. The van der Waals surface area contributed by atoms with Gasteiger partial charge in [0.25, 0.3) is 5.91 Å². The molecule has 0 bridgehead atoms. The van der Waals surface area contributed by atoms with E-state index in [9.17, 15) is 9.18 Å². The van der Waals surface area contributed by atoms with Crippen LogP contribution in [0.4, 0.5) is 10.2 Å². The summed E-state index contributed by atoms with van der Waals surface area (Å²) in [5.41, 5.74) is 10.2. The average molecular weight is 425 g/mol. The van der Waals surface area contributed by atoms with E-state index in [0.29, 0.717) is 27.9 Å². The van der Waals surface area contributed by atoms with Crippen molar-refractivity contribution in [2.45, 2.75) is 13.0 Å².